The quantitative estimate of drug-likeness (QED) is 0.397. The molecule has 0 aliphatic rings. The van der Waals surface area contributed by atoms with Gasteiger partial charge in [0.05, 0.1) is 23.9 Å². The number of carboxylic acids is 4. The van der Waals surface area contributed by atoms with Gasteiger partial charge in [0.1, 0.15) is 0 Å². The third-order valence-electron chi connectivity index (χ3n) is 4.89. The van der Waals surface area contributed by atoms with E-state index in [1.807, 2.05) is 0 Å². The predicted octanol–water partition coefficient (Wildman–Crippen LogP) is 1.56. The van der Waals surface area contributed by atoms with Gasteiger partial charge in [-0.05, 0) is 56.3 Å². The number of fused-ring (bicyclic) bond motifs is 1. The molecule has 4 aromatic rings. The molecule has 0 fully saturated rings. The molecular formula is C29H26O8-4. The van der Waals surface area contributed by atoms with Crippen LogP contribution in [0.15, 0.2) is 84.9 Å². The second-order valence-electron chi connectivity index (χ2n) is 7.08. The number of benzene rings is 4. The molecular weight excluding hydrogens is 476 g/mol. The van der Waals surface area contributed by atoms with Crippen molar-refractivity contribution in [1.29, 1.82) is 0 Å². The van der Waals surface area contributed by atoms with Gasteiger partial charge in [-0.2, -0.15) is 0 Å². The van der Waals surface area contributed by atoms with Crippen LogP contribution in [0.4, 0.5) is 0 Å². The minimum absolute atomic E-state index is 0. The van der Waals surface area contributed by atoms with Crippen LogP contribution in [0.3, 0.4) is 0 Å². The normalized spacial score (nSPS) is 9.30. The molecule has 0 N–H and O–H groups in total. The number of carbonyl (C=O) groups excluding carboxylic acids is 4. The van der Waals surface area contributed by atoms with Crippen molar-refractivity contribution in [3.63, 3.8) is 0 Å². The monoisotopic (exact) mass is 502 g/mol. The molecule has 0 unspecified atom stereocenters. The summed E-state index contributed by atoms with van der Waals surface area (Å²) in [6.07, 6.45) is 0. The van der Waals surface area contributed by atoms with Crippen LogP contribution in [0.5, 0.6) is 0 Å². The number of hydrogen-bond donors (Lipinski definition) is 0. The fourth-order valence-electron chi connectivity index (χ4n) is 3.10. The van der Waals surface area contributed by atoms with Gasteiger partial charge in [-0.3, -0.25) is 0 Å². The second kappa shape index (κ2) is 13.8. The van der Waals surface area contributed by atoms with Crippen molar-refractivity contribution in [1.82, 2.24) is 0 Å². The lowest BCUT2D eigenvalue weighted by atomic mass is 10.0. The zero-order chi connectivity index (χ0) is 24.8. The molecule has 0 saturated heterocycles. The van der Waals surface area contributed by atoms with E-state index in [1.54, 1.807) is 24.3 Å². The maximum atomic E-state index is 10.6. The summed E-state index contributed by atoms with van der Waals surface area (Å²) in [5.41, 5.74) is 1.92. The summed E-state index contributed by atoms with van der Waals surface area (Å²) in [4.78, 5) is 42.4. The molecule has 8 heteroatoms. The van der Waals surface area contributed by atoms with E-state index in [0.29, 0.717) is 10.8 Å². The number of hydrogen-bond acceptors (Lipinski definition) is 8. The summed E-state index contributed by atoms with van der Waals surface area (Å²) < 4.78 is 0. The number of carbonyl (C=O) groups is 4. The number of carboxylic acid groups (broad SMARTS) is 4. The van der Waals surface area contributed by atoms with E-state index < -0.39 is 23.9 Å². The lowest BCUT2D eigenvalue weighted by Crippen LogP contribution is -2.22. The third kappa shape index (κ3) is 8.03. The van der Waals surface area contributed by atoms with Gasteiger partial charge in [-0.15, -0.1) is 0 Å². The Kier molecular flexibility index (Phi) is 11.9. The molecule has 0 atom stereocenters. The largest absolute Gasteiger partial charge is 0.545 e. The van der Waals surface area contributed by atoms with Gasteiger partial charge < -0.3 is 39.6 Å². The fourth-order valence-corrected chi connectivity index (χ4v) is 3.10. The topological polar surface area (TPSA) is 161 Å². The van der Waals surface area contributed by atoms with Gasteiger partial charge in [-0.25, -0.2) is 0 Å². The van der Waals surface area contributed by atoms with Gasteiger partial charge in [0.25, 0.3) is 0 Å². The van der Waals surface area contributed by atoms with E-state index in [0.717, 1.165) is 11.1 Å². The summed E-state index contributed by atoms with van der Waals surface area (Å²) in [5.74, 6) is -4.97. The average Bonchev–Trinajstić information content (AvgIpc) is 2.83. The first kappa shape index (κ1) is 32.0. The van der Waals surface area contributed by atoms with E-state index >= 15 is 0 Å². The zero-order valence-electron chi connectivity index (χ0n) is 17.3. The number of aromatic carboxylic acids is 4. The zero-order valence-corrected chi connectivity index (χ0v) is 17.3. The molecule has 0 aliphatic carbocycles. The molecule has 0 spiro atoms. The smallest absolute Gasteiger partial charge is 0.0715 e. The molecule has 0 radical (unpaired) electrons. The lowest BCUT2D eigenvalue weighted by Gasteiger charge is -2.07. The second-order valence-corrected chi connectivity index (χ2v) is 7.08. The number of rotatable bonds is 5. The fraction of sp³-hybridized carbons (Fsp3) is 0.103. The minimum atomic E-state index is -1.26. The maximum absolute atomic E-state index is 10.6. The predicted molar refractivity (Wildman–Crippen MR) is 133 cm³/mol. The highest BCUT2D eigenvalue weighted by atomic mass is 16.4. The van der Waals surface area contributed by atoms with E-state index in [1.165, 1.54) is 60.7 Å². The van der Waals surface area contributed by atoms with E-state index in [9.17, 15) is 39.6 Å². The molecule has 0 bridgehead atoms. The highest BCUT2D eigenvalue weighted by molar-refractivity contribution is 5.97. The maximum Gasteiger partial charge on any atom is 0.0715 e. The molecule has 4 rings (SSSR count). The SMILES string of the molecule is C.C.C.O=C([O-])c1ccc(-c2ccc(C(=O)[O-])cc2)cc1.O=C([O-])c1ccc2cc(C(=O)[O-])ccc2c1. The van der Waals surface area contributed by atoms with Crippen LogP contribution in [0.1, 0.15) is 63.7 Å². The molecule has 194 valence electrons. The van der Waals surface area contributed by atoms with Gasteiger partial charge in [0.2, 0.25) is 0 Å². The van der Waals surface area contributed by atoms with Crippen molar-refractivity contribution in [3.05, 3.63) is 107 Å². The molecule has 4 aromatic carbocycles. The Hall–Kier alpha value is -4.98. The van der Waals surface area contributed by atoms with Crippen LogP contribution < -0.4 is 20.4 Å². The van der Waals surface area contributed by atoms with E-state index in [2.05, 4.69) is 0 Å². The Morgan fingerprint density at radius 1 is 0.378 bits per heavy atom. The van der Waals surface area contributed by atoms with Crippen LogP contribution in [0, 0.1) is 0 Å². The molecule has 8 nitrogen and oxygen atoms in total. The summed E-state index contributed by atoms with van der Waals surface area (Å²) in [5, 5.41) is 43.7. The average molecular weight is 503 g/mol. The van der Waals surface area contributed by atoms with Crippen molar-refractivity contribution in [2.45, 2.75) is 22.3 Å². The van der Waals surface area contributed by atoms with Crippen molar-refractivity contribution in [2.75, 3.05) is 0 Å². The Labute approximate surface area is 215 Å². The highest BCUT2D eigenvalue weighted by Crippen LogP contribution is 2.20. The molecule has 0 aliphatic heterocycles. The van der Waals surface area contributed by atoms with Crippen LogP contribution >= 0.6 is 0 Å². The summed E-state index contributed by atoms with van der Waals surface area (Å²) in [6.45, 7) is 0. The molecule has 0 heterocycles. The Morgan fingerprint density at radius 2 is 0.622 bits per heavy atom. The first-order chi connectivity index (χ1) is 16.2. The van der Waals surface area contributed by atoms with Crippen LogP contribution in [-0.2, 0) is 0 Å². The summed E-state index contributed by atoms with van der Waals surface area (Å²) in [7, 11) is 0. The Balaban J connectivity index is 0.000000651. The highest BCUT2D eigenvalue weighted by Gasteiger charge is 2.01. The lowest BCUT2D eigenvalue weighted by molar-refractivity contribution is -0.256. The first-order valence-corrected chi connectivity index (χ1v) is 9.75. The standard InChI is InChI=1S/C14H10O4.C12H8O4.3CH4/c15-13(16)11-5-1-9(2-6-11)10-3-7-12(8-4-10)14(17)18;13-11(14)9-3-1-7-5-10(12(15)16)4-2-8(7)6-9;;;/h1-8H,(H,15,16)(H,17,18);1-6H,(H,13,14)(H,15,16);3*1H4/p-4. The van der Waals surface area contributed by atoms with Crippen LogP contribution in [0.2, 0.25) is 0 Å². The van der Waals surface area contributed by atoms with Crippen molar-refractivity contribution >= 4 is 34.6 Å². The Morgan fingerprint density at radius 3 is 0.865 bits per heavy atom. The van der Waals surface area contributed by atoms with Crippen molar-refractivity contribution in [2.24, 2.45) is 0 Å². The van der Waals surface area contributed by atoms with Gasteiger partial charge >= 0.3 is 0 Å². The first-order valence-electron chi connectivity index (χ1n) is 9.75. The minimum Gasteiger partial charge on any atom is -0.545 e. The van der Waals surface area contributed by atoms with Gasteiger partial charge in [0, 0.05) is 0 Å². The molecule has 0 amide bonds. The Bertz CT molecular complexity index is 1280. The van der Waals surface area contributed by atoms with Crippen molar-refractivity contribution in [3.8, 4) is 11.1 Å². The molecule has 0 saturated carbocycles. The van der Waals surface area contributed by atoms with E-state index in [-0.39, 0.29) is 44.5 Å². The summed E-state index contributed by atoms with van der Waals surface area (Å²) >= 11 is 0. The van der Waals surface area contributed by atoms with Crippen LogP contribution in [0.25, 0.3) is 21.9 Å². The van der Waals surface area contributed by atoms with Crippen molar-refractivity contribution < 1.29 is 39.6 Å². The molecule has 37 heavy (non-hydrogen) atoms. The van der Waals surface area contributed by atoms with Gasteiger partial charge in [-0.1, -0.05) is 95.1 Å². The van der Waals surface area contributed by atoms with Gasteiger partial charge in [0.15, 0.2) is 0 Å². The summed E-state index contributed by atoms with van der Waals surface area (Å²) in [6, 6.07) is 21.0. The third-order valence-corrected chi connectivity index (χ3v) is 4.89. The van der Waals surface area contributed by atoms with E-state index in [4.69, 9.17) is 0 Å². The van der Waals surface area contributed by atoms with Crippen LogP contribution in [-0.4, -0.2) is 23.9 Å². The molecule has 0 aromatic heterocycles.